The van der Waals surface area contributed by atoms with Gasteiger partial charge in [-0.3, -0.25) is 0 Å². The van der Waals surface area contributed by atoms with Crippen LogP contribution in [0.15, 0.2) is 0 Å². The standard InChI is InChI=1S/C14H28N2O2S/c17-19(18,11-9-14-8-4-5-10-15-14)16-12-13-6-2-1-3-7-13/h13-16H,1-12H2. The van der Waals surface area contributed by atoms with Crippen LogP contribution in [0, 0.1) is 5.92 Å². The maximum atomic E-state index is 12.0. The van der Waals surface area contributed by atoms with E-state index in [1.807, 2.05) is 0 Å². The summed E-state index contributed by atoms with van der Waals surface area (Å²) < 4.78 is 26.8. The molecule has 0 spiro atoms. The molecule has 1 saturated heterocycles. The summed E-state index contributed by atoms with van der Waals surface area (Å²) in [6.45, 7) is 1.70. The number of nitrogens with one attached hydrogen (secondary N) is 2. The van der Waals surface area contributed by atoms with Gasteiger partial charge in [0, 0.05) is 12.6 Å². The molecule has 0 bridgehead atoms. The molecule has 0 radical (unpaired) electrons. The molecule has 4 nitrogen and oxygen atoms in total. The fourth-order valence-corrected chi connectivity index (χ4v) is 4.40. The van der Waals surface area contributed by atoms with E-state index in [0.717, 1.165) is 19.4 Å². The van der Waals surface area contributed by atoms with Crippen molar-refractivity contribution in [1.29, 1.82) is 0 Å². The minimum absolute atomic E-state index is 0.275. The Morgan fingerprint density at radius 3 is 2.42 bits per heavy atom. The quantitative estimate of drug-likeness (QED) is 0.786. The van der Waals surface area contributed by atoms with E-state index in [0.29, 0.717) is 18.5 Å². The van der Waals surface area contributed by atoms with Crippen LogP contribution in [0.25, 0.3) is 0 Å². The van der Waals surface area contributed by atoms with E-state index in [1.54, 1.807) is 0 Å². The van der Waals surface area contributed by atoms with Crippen molar-refractivity contribution in [3.05, 3.63) is 0 Å². The molecule has 0 aromatic heterocycles. The van der Waals surface area contributed by atoms with E-state index in [-0.39, 0.29) is 5.75 Å². The van der Waals surface area contributed by atoms with Crippen molar-refractivity contribution < 1.29 is 8.42 Å². The topological polar surface area (TPSA) is 58.2 Å². The first-order valence-electron chi connectivity index (χ1n) is 7.86. The maximum absolute atomic E-state index is 12.0. The number of hydrogen-bond acceptors (Lipinski definition) is 3. The van der Waals surface area contributed by atoms with E-state index in [9.17, 15) is 8.42 Å². The van der Waals surface area contributed by atoms with Crippen molar-refractivity contribution in [2.45, 2.75) is 63.8 Å². The Morgan fingerprint density at radius 2 is 1.74 bits per heavy atom. The predicted molar refractivity (Wildman–Crippen MR) is 78.6 cm³/mol. The van der Waals surface area contributed by atoms with Gasteiger partial charge in [0.25, 0.3) is 0 Å². The monoisotopic (exact) mass is 288 g/mol. The van der Waals surface area contributed by atoms with Gasteiger partial charge in [0.05, 0.1) is 5.75 Å². The van der Waals surface area contributed by atoms with Gasteiger partial charge in [-0.2, -0.15) is 0 Å². The summed E-state index contributed by atoms with van der Waals surface area (Å²) in [4.78, 5) is 0. The average molecular weight is 288 g/mol. The second-order valence-electron chi connectivity index (χ2n) is 6.11. The van der Waals surface area contributed by atoms with Crippen molar-refractivity contribution in [1.82, 2.24) is 10.0 Å². The van der Waals surface area contributed by atoms with Crippen LogP contribution in [-0.2, 0) is 10.0 Å². The Kier molecular flexibility index (Phi) is 6.10. The number of hydrogen-bond donors (Lipinski definition) is 2. The normalized spacial score (nSPS) is 26.4. The van der Waals surface area contributed by atoms with Crippen LogP contribution >= 0.6 is 0 Å². The van der Waals surface area contributed by atoms with Gasteiger partial charge in [0.15, 0.2) is 0 Å². The summed E-state index contributed by atoms with van der Waals surface area (Å²) in [5.74, 6) is 0.841. The summed E-state index contributed by atoms with van der Waals surface area (Å²) >= 11 is 0. The van der Waals surface area contributed by atoms with Crippen molar-refractivity contribution in [3.63, 3.8) is 0 Å². The van der Waals surface area contributed by atoms with Crippen molar-refractivity contribution in [3.8, 4) is 0 Å². The summed E-state index contributed by atoms with van der Waals surface area (Å²) in [5.41, 5.74) is 0. The van der Waals surface area contributed by atoms with Gasteiger partial charge in [-0.25, -0.2) is 13.1 Å². The van der Waals surface area contributed by atoms with Crippen LogP contribution in [-0.4, -0.2) is 33.3 Å². The molecule has 0 aromatic rings. The van der Waals surface area contributed by atoms with Crippen molar-refractivity contribution >= 4 is 10.0 Å². The zero-order valence-electron chi connectivity index (χ0n) is 11.9. The zero-order chi connectivity index (χ0) is 13.6. The first-order valence-corrected chi connectivity index (χ1v) is 9.52. The molecule has 2 rings (SSSR count). The Labute approximate surface area is 117 Å². The molecule has 19 heavy (non-hydrogen) atoms. The molecule has 0 aromatic carbocycles. The molecule has 2 fully saturated rings. The molecular formula is C14H28N2O2S. The molecule has 112 valence electrons. The van der Waals surface area contributed by atoms with Gasteiger partial charge < -0.3 is 5.32 Å². The van der Waals surface area contributed by atoms with Crippen molar-refractivity contribution in [2.24, 2.45) is 5.92 Å². The SMILES string of the molecule is O=S(=O)(CCC1CCCCN1)NCC1CCCCC1. The molecular weight excluding hydrogens is 260 g/mol. The van der Waals surface area contributed by atoms with E-state index in [1.165, 1.54) is 44.9 Å². The molecule has 1 aliphatic heterocycles. The molecule has 1 aliphatic carbocycles. The highest BCUT2D eigenvalue weighted by Crippen LogP contribution is 2.23. The lowest BCUT2D eigenvalue weighted by molar-refractivity contribution is 0.356. The van der Waals surface area contributed by atoms with Crippen LogP contribution in [0.2, 0.25) is 0 Å². The highest BCUT2D eigenvalue weighted by Gasteiger charge is 2.19. The van der Waals surface area contributed by atoms with Crippen LogP contribution in [0.1, 0.15) is 57.8 Å². The predicted octanol–water partition coefficient (Wildman–Crippen LogP) is 2.02. The Bertz CT molecular complexity index is 316. The van der Waals surface area contributed by atoms with Gasteiger partial charge in [-0.05, 0) is 44.6 Å². The summed E-state index contributed by atoms with van der Waals surface area (Å²) in [7, 11) is -3.07. The first-order chi connectivity index (χ1) is 9.16. The molecule has 1 saturated carbocycles. The van der Waals surface area contributed by atoms with Crippen LogP contribution in [0.5, 0.6) is 0 Å². The molecule has 1 atom stereocenters. The van der Waals surface area contributed by atoms with E-state index in [2.05, 4.69) is 10.0 Å². The lowest BCUT2D eigenvalue weighted by Gasteiger charge is -2.24. The molecule has 5 heteroatoms. The van der Waals surface area contributed by atoms with Crippen LogP contribution < -0.4 is 10.0 Å². The number of rotatable bonds is 6. The minimum atomic E-state index is -3.07. The smallest absolute Gasteiger partial charge is 0.211 e. The summed E-state index contributed by atoms with van der Waals surface area (Å²) in [6.07, 6.45) is 10.5. The number of piperidine rings is 1. The lowest BCUT2D eigenvalue weighted by Crippen LogP contribution is -2.38. The average Bonchev–Trinajstić information content (AvgIpc) is 2.46. The molecule has 1 unspecified atom stereocenters. The fourth-order valence-electron chi connectivity index (χ4n) is 3.18. The van der Waals surface area contributed by atoms with Gasteiger partial charge in [0.2, 0.25) is 10.0 Å². The van der Waals surface area contributed by atoms with E-state index >= 15 is 0 Å². The van der Waals surface area contributed by atoms with Gasteiger partial charge >= 0.3 is 0 Å². The third kappa shape index (κ3) is 5.79. The van der Waals surface area contributed by atoms with E-state index < -0.39 is 10.0 Å². The zero-order valence-corrected chi connectivity index (χ0v) is 12.7. The largest absolute Gasteiger partial charge is 0.314 e. The summed E-state index contributed by atoms with van der Waals surface area (Å²) in [5, 5.41) is 3.40. The van der Waals surface area contributed by atoms with Crippen LogP contribution in [0.3, 0.4) is 0 Å². The highest BCUT2D eigenvalue weighted by atomic mass is 32.2. The maximum Gasteiger partial charge on any atom is 0.211 e. The van der Waals surface area contributed by atoms with Gasteiger partial charge in [-0.15, -0.1) is 0 Å². The molecule has 2 N–H and O–H groups in total. The second-order valence-corrected chi connectivity index (χ2v) is 8.03. The molecule has 0 amide bonds. The number of sulfonamides is 1. The Balaban J connectivity index is 1.65. The fraction of sp³-hybridized carbons (Fsp3) is 1.00. The van der Waals surface area contributed by atoms with Crippen molar-refractivity contribution in [2.75, 3.05) is 18.8 Å². The minimum Gasteiger partial charge on any atom is -0.314 e. The lowest BCUT2D eigenvalue weighted by atomic mass is 9.90. The van der Waals surface area contributed by atoms with Gasteiger partial charge in [0.1, 0.15) is 0 Å². The Morgan fingerprint density at radius 1 is 1.00 bits per heavy atom. The second kappa shape index (κ2) is 7.60. The highest BCUT2D eigenvalue weighted by molar-refractivity contribution is 7.89. The van der Waals surface area contributed by atoms with E-state index in [4.69, 9.17) is 0 Å². The molecule has 2 aliphatic rings. The first kappa shape index (κ1) is 15.3. The third-order valence-electron chi connectivity index (χ3n) is 4.46. The summed E-state index contributed by atoms with van der Waals surface area (Å²) in [6, 6.07) is 0.403. The van der Waals surface area contributed by atoms with Crippen LogP contribution in [0.4, 0.5) is 0 Å². The Hall–Kier alpha value is -0.130. The molecule has 1 heterocycles. The third-order valence-corrected chi connectivity index (χ3v) is 5.84. The van der Waals surface area contributed by atoms with Gasteiger partial charge in [-0.1, -0.05) is 25.7 Å².